The molecular formula is C15H22ClN3O2. The van der Waals surface area contributed by atoms with Crippen molar-refractivity contribution in [1.82, 2.24) is 5.32 Å². The number of piperidine rings is 1. The maximum absolute atomic E-state index is 12.1. The predicted octanol–water partition coefficient (Wildman–Crippen LogP) is 2.46. The molecule has 5 nitrogen and oxygen atoms in total. The van der Waals surface area contributed by atoms with Crippen molar-refractivity contribution < 1.29 is 9.59 Å². The number of nitrogens with one attached hydrogen (secondary N) is 3. The lowest BCUT2D eigenvalue weighted by atomic mass is 10.0. The maximum Gasteiger partial charge on any atom is 0.241 e. The average molecular weight is 312 g/mol. The molecule has 1 saturated heterocycles. The van der Waals surface area contributed by atoms with Gasteiger partial charge in [0.2, 0.25) is 11.8 Å². The Labute approximate surface area is 131 Å². The number of hydrogen-bond acceptors (Lipinski definition) is 3. The van der Waals surface area contributed by atoms with Crippen LogP contribution in [0.1, 0.15) is 31.7 Å². The van der Waals surface area contributed by atoms with Crippen LogP contribution in [0.3, 0.4) is 0 Å². The third-order valence-corrected chi connectivity index (χ3v) is 3.44. The first-order chi connectivity index (χ1) is 9.56. The van der Waals surface area contributed by atoms with Gasteiger partial charge in [0.05, 0.1) is 6.04 Å². The van der Waals surface area contributed by atoms with Crippen LogP contribution >= 0.6 is 12.4 Å². The zero-order valence-corrected chi connectivity index (χ0v) is 13.2. The fraction of sp³-hybridized carbons (Fsp3) is 0.467. The van der Waals surface area contributed by atoms with Gasteiger partial charge in [-0.25, -0.2) is 0 Å². The predicted molar refractivity (Wildman–Crippen MR) is 87.0 cm³/mol. The van der Waals surface area contributed by atoms with E-state index in [2.05, 4.69) is 16.0 Å². The van der Waals surface area contributed by atoms with Crippen molar-refractivity contribution in [2.75, 3.05) is 17.2 Å². The molecule has 0 radical (unpaired) electrons. The zero-order valence-electron chi connectivity index (χ0n) is 12.4. The van der Waals surface area contributed by atoms with Crippen molar-refractivity contribution in [2.24, 2.45) is 0 Å². The second-order valence-electron chi connectivity index (χ2n) is 5.20. The Kier molecular flexibility index (Phi) is 6.65. The molecule has 116 valence electrons. The molecule has 1 aliphatic rings. The second-order valence-corrected chi connectivity index (χ2v) is 5.20. The Hall–Kier alpha value is -1.59. The van der Waals surface area contributed by atoms with E-state index in [0.717, 1.165) is 37.1 Å². The Morgan fingerprint density at radius 1 is 1.24 bits per heavy atom. The zero-order chi connectivity index (χ0) is 14.5. The lowest BCUT2D eigenvalue weighted by molar-refractivity contribution is -0.118. The first-order valence-electron chi connectivity index (χ1n) is 6.99. The number of carbonyl (C=O) groups is 2. The van der Waals surface area contributed by atoms with E-state index in [4.69, 9.17) is 0 Å². The van der Waals surface area contributed by atoms with Gasteiger partial charge >= 0.3 is 0 Å². The maximum atomic E-state index is 12.1. The van der Waals surface area contributed by atoms with Crippen molar-refractivity contribution in [3.63, 3.8) is 0 Å². The molecule has 1 aromatic rings. The minimum atomic E-state index is -0.120. The number of benzene rings is 1. The summed E-state index contributed by atoms with van der Waals surface area (Å²) in [6.07, 6.45) is 3.08. The molecule has 1 heterocycles. The molecule has 0 bridgehead atoms. The van der Waals surface area contributed by atoms with Gasteiger partial charge in [-0.3, -0.25) is 9.59 Å². The number of rotatable bonds is 3. The van der Waals surface area contributed by atoms with Crippen molar-refractivity contribution in [2.45, 2.75) is 39.2 Å². The number of aryl methyl sites for hydroxylation is 1. The normalized spacial score (nSPS) is 17.5. The highest BCUT2D eigenvalue weighted by molar-refractivity contribution is 5.96. The Bertz CT molecular complexity index is 514. The van der Waals surface area contributed by atoms with Crippen molar-refractivity contribution in [3.8, 4) is 0 Å². The van der Waals surface area contributed by atoms with Gasteiger partial charge in [-0.15, -0.1) is 12.4 Å². The molecule has 6 heteroatoms. The van der Waals surface area contributed by atoms with Crippen LogP contribution in [0.5, 0.6) is 0 Å². The average Bonchev–Trinajstić information content (AvgIpc) is 2.43. The highest BCUT2D eigenvalue weighted by atomic mass is 35.5. The Balaban J connectivity index is 0.00000220. The summed E-state index contributed by atoms with van der Waals surface area (Å²) in [5.41, 5.74) is 2.40. The lowest BCUT2D eigenvalue weighted by Crippen LogP contribution is -2.43. The molecule has 0 spiro atoms. The summed E-state index contributed by atoms with van der Waals surface area (Å²) >= 11 is 0. The summed E-state index contributed by atoms with van der Waals surface area (Å²) in [7, 11) is 0. The summed E-state index contributed by atoms with van der Waals surface area (Å²) in [6, 6.07) is 5.41. The topological polar surface area (TPSA) is 70.2 Å². The van der Waals surface area contributed by atoms with Gasteiger partial charge in [-0.1, -0.05) is 12.5 Å². The van der Waals surface area contributed by atoms with Crippen LogP contribution in [-0.4, -0.2) is 24.4 Å². The first kappa shape index (κ1) is 17.5. The largest absolute Gasteiger partial charge is 0.326 e. The number of hydrogen-bond donors (Lipinski definition) is 3. The summed E-state index contributed by atoms with van der Waals surface area (Å²) in [5.74, 6) is -0.132. The SMILES string of the molecule is CC(=O)Nc1cc(NC(=O)[C@@H]2CCCCN2)ccc1C.Cl. The van der Waals surface area contributed by atoms with Gasteiger partial charge in [0, 0.05) is 18.3 Å². The third-order valence-electron chi connectivity index (χ3n) is 3.44. The van der Waals surface area contributed by atoms with Crippen LogP contribution in [0.15, 0.2) is 18.2 Å². The molecule has 1 atom stereocenters. The smallest absolute Gasteiger partial charge is 0.241 e. The van der Waals surface area contributed by atoms with Crippen LogP contribution in [-0.2, 0) is 9.59 Å². The number of amides is 2. The quantitative estimate of drug-likeness (QED) is 0.803. The fourth-order valence-electron chi connectivity index (χ4n) is 2.33. The Morgan fingerprint density at radius 2 is 2.00 bits per heavy atom. The number of halogens is 1. The minimum absolute atomic E-state index is 0. The van der Waals surface area contributed by atoms with Crippen molar-refractivity contribution >= 4 is 35.6 Å². The van der Waals surface area contributed by atoms with Crippen molar-refractivity contribution in [1.29, 1.82) is 0 Å². The molecule has 0 aromatic heterocycles. The third kappa shape index (κ3) is 5.02. The van der Waals surface area contributed by atoms with Crippen LogP contribution in [0.25, 0.3) is 0 Å². The standard InChI is InChI=1S/C15H21N3O2.ClH/c1-10-6-7-12(9-14(10)17-11(2)19)18-15(20)13-5-3-4-8-16-13;/h6-7,9,13,16H,3-5,8H2,1-2H3,(H,17,19)(H,18,20);1H/t13-;/m0./s1. The van der Waals surface area contributed by atoms with E-state index < -0.39 is 0 Å². The molecule has 3 N–H and O–H groups in total. The Morgan fingerprint density at radius 3 is 2.62 bits per heavy atom. The molecule has 0 unspecified atom stereocenters. The summed E-state index contributed by atoms with van der Waals surface area (Å²) in [4.78, 5) is 23.3. The van der Waals surface area contributed by atoms with Gasteiger partial charge in [0.1, 0.15) is 0 Å². The van der Waals surface area contributed by atoms with E-state index >= 15 is 0 Å². The van der Waals surface area contributed by atoms with E-state index in [1.807, 2.05) is 19.1 Å². The molecular weight excluding hydrogens is 290 g/mol. The fourth-order valence-corrected chi connectivity index (χ4v) is 2.33. The molecule has 2 amide bonds. The minimum Gasteiger partial charge on any atom is -0.326 e. The summed E-state index contributed by atoms with van der Waals surface area (Å²) in [5, 5.41) is 8.88. The summed E-state index contributed by atoms with van der Waals surface area (Å²) in [6.45, 7) is 4.28. The van der Waals surface area contributed by atoms with E-state index in [1.165, 1.54) is 6.92 Å². The molecule has 1 aromatic carbocycles. The van der Waals surface area contributed by atoms with E-state index in [0.29, 0.717) is 5.69 Å². The molecule has 0 saturated carbocycles. The van der Waals surface area contributed by atoms with Gasteiger partial charge in [0.15, 0.2) is 0 Å². The highest BCUT2D eigenvalue weighted by Crippen LogP contribution is 2.21. The number of anilines is 2. The van der Waals surface area contributed by atoms with E-state index in [1.54, 1.807) is 6.07 Å². The van der Waals surface area contributed by atoms with Crippen LogP contribution < -0.4 is 16.0 Å². The van der Waals surface area contributed by atoms with Gasteiger partial charge in [-0.05, 0) is 44.0 Å². The molecule has 21 heavy (non-hydrogen) atoms. The van der Waals surface area contributed by atoms with Gasteiger partial charge in [-0.2, -0.15) is 0 Å². The van der Waals surface area contributed by atoms with Gasteiger partial charge in [0.25, 0.3) is 0 Å². The van der Waals surface area contributed by atoms with Crippen LogP contribution in [0.4, 0.5) is 11.4 Å². The van der Waals surface area contributed by atoms with Crippen LogP contribution in [0.2, 0.25) is 0 Å². The monoisotopic (exact) mass is 311 g/mol. The summed E-state index contributed by atoms with van der Waals surface area (Å²) < 4.78 is 0. The van der Waals surface area contributed by atoms with Crippen molar-refractivity contribution in [3.05, 3.63) is 23.8 Å². The molecule has 0 aliphatic carbocycles. The highest BCUT2D eigenvalue weighted by Gasteiger charge is 2.20. The second kappa shape index (κ2) is 8.00. The van der Waals surface area contributed by atoms with Gasteiger partial charge < -0.3 is 16.0 Å². The van der Waals surface area contributed by atoms with E-state index in [9.17, 15) is 9.59 Å². The lowest BCUT2D eigenvalue weighted by Gasteiger charge is -2.22. The molecule has 1 fully saturated rings. The number of carbonyl (C=O) groups excluding carboxylic acids is 2. The molecule has 2 rings (SSSR count). The van der Waals surface area contributed by atoms with Crippen LogP contribution in [0, 0.1) is 6.92 Å². The first-order valence-corrected chi connectivity index (χ1v) is 6.99. The van der Waals surface area contributed by atoms with E-state index in [-0.39, 0.29) is 30.3 Å². The molecule has 1 aliphatic heterocycles.